The third kappa shape index (κ3) is 7.33. The van der Waals surface area contributed by atoms with Gasteiger partial charge in [0.1, 0.15) is 11.5 Å². The van der Waals surface area contributed by atoms with Crippen molar-refractivity contribution in [1.29, 1.82) is 0 Å². The molecular weight excluding hydrogens is 458 g/mol. The molecule has 0 bridgehead atoms. The molecule has 1 saturated heterocycles. The molecule has 1 heterocycles. The van der Waals surface area contributed by atoms with Crippen molar-refractivity contribution in [3.05, 3.63) is 78.4 Å². The second kappa shape index (κ2) is 11.3. The Bertz CT molecular complexity index is 1180. The molecule has 1 aliphatic heterocycles. The fraction of sp³-hybridized carbons (Fsp3) is 0.379. The van der Waals surface area contributed by atoms with E-state index in [4.69, 9.17) is 9.47 Å². The maximum atomic E-state index is 11.6. The molecule has 0 spiro atoms. The highest BCUT2D eigenvalue weighted by Gasteiger charge is 2.20. The maximum Gasteiger partial charge on any atom is 0.175 e. The van der Waals surface area contributed by atoms with Crippen LogP contribution in [0.3, 0.4) is 0 Å². The van der Waals surface area contributed by atoms with E-state index in [9.17, 15) is 8.42 Å². The summed E-state index contributed by atoms with van der Waals surface area (Å²) >= 11 is 0. The van der Waals surface area contributed by atoms with Gasteiger partial charge in [0.25, 0.3) is 0 Å². The van der Waals surface area contributed by atoms with Crippen LogP contribution in [0.5, 0.6) is 11.5 Å². The molecule has 0 aromatic heterocycles. The van der Waals surface area contributed by atoms with E-state index in [2.05, 4.69) is 29.2 Å². The van der Waals surface area contributed by atoms with Crippen molar-refractivity contribution in [1.82, 2.24) is 4.90 Å². The normalized spacial score (nSPS) is 15.3. The molecule has 1 aliphatic rings. The van der Waals surface area contributed by atoms with Crippen molar-refractivity contribution in [2.45, 2.75) is 44.2 Å². The second-order valence-corrected chi connectivity index (χ2v) is 11.7. The molecule has 3 aromatic carbocycles. The second-order valence-electron chi connectivity index (χ2n) is 9.66. The van der Waals surface area contributed by atoms with Gasteiger partial charge < -0.3 is 9.47 Å². The predicted molar refractivity (Wildman–Crippen MR) is 141 cm³/mol. The van der Waals surface area contributed by atoms with E-state index in [1.165, 1.54) is 11.8 Å². The van der Waals surface area contributed by atoms with Gasteiger partial charge in [0.15, 0.2) is 9.84 Å². The predicted octanol–water partition coefficient (Wildman–Crippen LogP) is 5.84. The topological polar surface area (TPSA) is 55.8 Å². The van der Waals surface area contributed by atoms with Gasteiger partial charge in [-0.25, -0.2) is 8.42 Å². The first-order valence-electron chi connectivity index (χ1n) is 12.3. The van der Waals surface area contributed by atoms with Crippen LogP contribution in [0.25, 0.3) is 11.1 Å². The number of hydrogen-bond acceptors (Lipinski definition) is 5. The Morgan fingerprint density at radius 3 is 1.91 bits per heavy atom. The van der Waals surface area contributed by atoms with Crippen molar-refractivity contribution in [2.24, 2.45) is 5.92 Å². The van der Waals surface area contributed by atoms with Gasteiger partial charge >= 0.3 is 0 Å². The van der Waals surface area contributed by atoms with E-state index in [0.29, 0.717) is 10.8 Å². The van der Waals surface area contributed by atoms with Gasteiger partial charge in [-0.1, -0.05) is 36.4 Å². The zero-order valence-corrected chi connectivity index (χ0v) is 21.6. The highest BCUT2D eigenvalue weighted by Crippen LogP contribution is 2.26. The number of benzene rings is 3. The third-order valence-electron chi connectivity index (χ3n) is 6.36. The Labute approximate surface area is 209 Å². The molecule has 0 saturated carbocycles. The van der Waals surface area contributed by atoms with Gasteiger partial charge in [0.2, 0.25) is 0 Å². The maximum absolute atomic E-state index is 11.6. The minimum Gasteiger partial charge on any atom is -0.493 e. The summed E-state index contributed by atoms with van der Waals surface area (Å²) < 4.78 is 35.1. The van der Waals surface area contributed by atoms with Crippen molar-refractivity contribution in [3.63, 3.8) is 0 Å². The zero-order chi connectivity index (χ0) is 24.8. The van der Waals surface area contributed by atoms with Crippen LogP contribution in [-0.4, -0.2) is 45.4 Å². The Morgan fingerprint density at radius 1 is 0.829 bits per heavy atom. The summed E-state index contributed by atoms with van der Waals surface area (Å²) in [6.07, 6.45) is 3.69. The van der Waals surface area contributed by atoms with Crippen molar-refractivity contribution >= 4 is 9.84 Å². The van der Waals surface area contributed by atoms with Crippen molar-refractivity contribution in [3.8, 4) is 22.6 Å². The summed E-state index contributed by atoms with van der Waals surface area (Å²) in [5.41, 5.74) is 3.34. The van der Waals surface area contributed by atoms with Crippen LogP contribution >= 0.6 is 0 Å². The lowest BCUT2D eigenvalue weighted by molar-refractivity contribution is 0.136. The lowest BCUT2D eigenvalue weighted by Gasteiger charge is -2.31. The zero-order valence-electron chi connectivity index (χ0n) is 20.8. The number of likely N-dealkylation sites (tertiary alicyclic amines) is 1. The van der Waals surface area contributed by atoms with Gasteiger partial charge in [-0.2, -0.15) is 0 Å². The largest absolute Gasteiger partial charge is 0.493 e. The van der Waals surface area contributed by atoms with Crippen LogP contribution in [0, 0.1) is 5.92 Å². The summed E-state index contributed by atoms with van der Waals surface area (Å²) in [6.45, 7) is 7.96. The summed E-state index contributed by atoms with van der Waals surface area (Å²) in [5, 5.41) is 0. The molecule has 0 radical (unpaired) electrons. The summed E-state index contributed by atoms with van der Waals surface area (Å²) in [6, 6.07) is 23.4. The van der Waals surface area contributed by atoms with Gasteiger partial charge in [-0.15, -0.1) is 0 Å². The van der Waals surface area contributed by atoms with Gasteiger partial charge in [-0.05, 0) is 98.8 Å². The highest BCUT2D eigenvalue weighted by molar-refractivity contribution is 7.90. The van der Waals surface area contributed by atoms with E-state index in [1.54, 1.807) is 12.1 Å². The smallest absolute Gasteiger partial charge is 0.175 e. The molecule has 0 N–H and O–H groups in total. The number of sulfone groups is 1. The molecule has 0 unspecified atom stereocenters. The molecule has 186 valence electrons. The van der Waals surface area contributed by atoms with E-state index in [1.807, 2.05) is 50.2 Å². The average Bonchev–Trinajstić information content (AvgIpc) is 2.84. The minimum absolute atomic E-state index is 0.196. The molecule has 1 fully saturated rings. The van der Waals surface area contributed by atoms with Crippen LogP contribution in [0.2, 0.25) is 0 Å². The Hall–Kier alpha value is -2.83. The van der Waals surface area contributed by atoms with Crippen LogP contribution < -0.4 is 9.47 Å². The quantitative estimate of drug-likeness (QED) is 0.375. The summed E-state index contributed by atoms with van der Waals surface area (Å²) in [5.74, 6) is 2.36. The molecule has 35 heavy (non-hydrogen) atoms. The number of ether oxygens (including phenoxy) is 2. The average molecular weight is 494 g/mol. The van der Waals surface area contributed by atoms with E-state index < -0.39 is 9.84 Å². The molecule has 0 atom stereocenters. The third-order valence-corrected chi connectivity index (χ3v) is 7.49. The molecular formula is C29H35NO4S. The lowest BCUT2D eigenvalue weighted by Crippen LogP contribution is -2.35. The number of piperidine rings is 1. The van der Waals surface area contributed by atoms with Gasteiger partial charge in [0.05, 0.1) is 17.6 Å². The van der Waals surface area contributed by atoms with E-state index in [0.717, 1.165) is 61.7 Å². The number of nitrogens with zero attached hydrogens (tertiary/aromatic N) is 1. The molecule has 0 aliphatic carbocycles. The first kappa shape index (κ1) is 25.3. The number of rotatable bonds is 9. The molecule has 4 rings (SSSR count). The molecule has 3 aromatic rings. The van der Waals surface area contributed by atoms with Crippen LogP contribution in [0.4, 0.5) is 0 Å². The summed E-state index contributed by atoms with van der Waals surface area (Å²) in [4.78, 5) is 2.85. The monoisotopic (exact) mass is 493 g/mol. The van der Waals surface area contributed by atoms with Crippen molar-refractivity contribution < 1.29 is 17.9 Å². The SMILES string of the molecule is CC(C)Oc1ccc(CN2CCC(COc3ccc(-c4ccc(S(C)(=O)=O)cc4)cc3)CC2)cc1. The lowest BCUT2D eigenvalue weighted by atomic mass is 9.97. The van der Waals surface area contributed by atoms with Crippen LogP contribution in [0.15, 0.2) is 77.7 Å². The van der Waals surface area contributed by atoms with Crippen LogP contribution in [0.1, 0.15) is 32.3 Å². The Morgan fingerprint density at radius 2 is 1.37 bits per heavy atom. The number of hydrogen-bond donors (Lipinski definition) is 0. The minimum atomic E-state index is -3.18. The van der Waals surface area contributed by atoms with Crippen molar-refractivity contribution in [2.75, 3.05) is 26.0 Å². The highest BCUT2D eigenvalue weighted by atomic mass is 32.2. The van der Waals surface area contributed by atoms with E-state index >= 15 is 0 Å². The standard InChI is InChI=1S/C29H35NO4S/c1-22(2)34-28-10-4-23(5-11-28)20-30-18-16-24(17-19-30)21-33-27-12-6-25(7-13-27)26-8-14-29(15-9-26)35(3,31)32/h4-15,22,24H,16-21H2,1-3H3. The fourth-order valence-electron chi connectivity index (χ4n) is 4.37. The summed E-state index contributed by atoms with van der Waals surface area (Å²) in [7, 11) is -3.18. The fourth-order valence-corrected chi connectivity index (χ4v) is 5.00. The van der Waals surface area contributed by atoms with E-state index in [-0.39, 0.29) is 6.10 Å². The Kier molecular flexibility index (Phi) is 8.14. The first-order valence-corrected chi connectivity index (χ1v) is 14.2. The van der Waals surface area contributed by atoms with Gasteiger partial charge in [0, 0.05) is 12.8 Å². The van der Waals surface area contributed by atoms with Crippen LogP contribution in [-0.2, 0) is 16.4 Å². The molecule has 5 nitrogen and oxygen atoms in total. The Balaban J connectivity index is 1.22. The molecule has 0 amide bonds. The first-order chi connectivity index (χ1) is 16.8. The molecule has 6 heteroatoms. The van der Waals surface area contributed by atoms with Gasteiger partial charge in [-0.3, -0.25) is 4.90 Å².